The summed E-state index contributed by atoms with van der Waals surface area (Å²) in [6, 6.07) is -1.02. The number of rotatable bonds is 45. The zero-order chi connectivity index (χ0) is 47.6. The quantitative estimate of drug-likeness (QED) is 0.0196. The van der Waals surface area contributed by atoms with Gasteiger partial charge in [-0.1, -0.05) is 212 Å². The third-order valence-electron chi connectivity index (χ3n) is 12.9. The Morgan fingerprint density at radius 2 is 1.02 bits per heavy atom. The number of amides is 1. The molecule has 0 radical (unpaired) electrons. The molecule has 8 atom stereocenters. The van der Waals surface area contributed by atoms with Crippen LogP contribution in [0.1, 0.15) is 245 Å². The van der Waals surface area contributed by atoms with E-state index in [0.29, 0.717) is 12.8 Å². The van der Waals surface area contributed by atoms with Crippen molar-refractivity contribution in [3.8, 4) is 0 Å². The summed E-state index contributed by atoms with van der Waals surface area (Å²) in [5.41, 5.74) is 0. The van der Waals surface area contributed by atoms with Gasteiger partial charge >= 0.3 is 5.97 Å². The first-order chi connectivity index (χ1) is 31.7. The number of hydrogen-bond acceptors (Lipinski definition) is 10. The van der Waals surface area contributed by atoms with Gasteiger partial charge in [0.1, 0.15) is 24.4 Å². The second-order valence-corrected chi connectivity index (χ2v) is 19.0. The van der Waals surface area contributed by atoms with E-state index in [4.69, 9.17) is 14.2 Å². The van der Waals surface area contributed by atoms with E-state index >= 15 is 0 Å². The summed E-state index contributed by atoms with van der Waals surface area (Å²) in [5, 5.41) is 56.6. The first kappa shape index (κ1) is 61.2. The maximum Gasteiger partial charge on any atom is 0.306 e. The van der Waals surface area contributed by atoms with Crippen LogP contribution < -0.4 is 5.32 Å². The van der Waals surface area contributed by atoms with Crippen LogP contribution in [0.3, 0.4) is 0 Å². The minimum atomic E-state index is -1.61. The first-order valence-electron chi connectivity index (χ1n) is 27.1. The molecule has 1 aliphatic rings. The number of hydrogen-bond donors (Lipinski definition) is 6. The lowest BCUT2D eigenvalue weighted by Crippen LogP contribution is -2.61. The van der Waals surface area contributed by atoms with Crippen molar-refractivity contribution in [2.45, 2.75) is 294 Å². The minimum Gasteiger partial charge on any atom is -0.454 e. The second-order valence-electron chi connectivity index (χ2n) is 19.0. The number of unbranched alkanes of at least 4 members (excludes halogenated alkanes) is 29. The smallest absolute Gasteiger partial charge is 0.306 e. The number of carbonyl (C=O) groups is 2. The van der Waals surface area contributed by atoms with E-state index in [1.54, 1.807) is 6.08 Å². The lowest BCUT2D eigenvalue weighted by Gasteiger charge is -2.41. The van der Waals surface area contributed by atoms with E-state index < -0.39 is 67.4 Å². The SMILES string of the molecule is CCCCCC/C=C\CCCCCCCCC(O)C(=O)NC(COC1OC(CO)C(O)C(O)C1OC(=O)CCCCCCCCCCCCC)C(O)/C=C/CCCCCCCCCCC. The number of allylic oxidation sites excluding steroid dienone is 3. The van der Waals surface area contributed by atoms with Crippen molar-refractivity contribution in [2.24, 2.45) is 0 Å². The number of aliphatic hydroxyl groups is 5. The molecule has 1 rings (SSSR count). The molecule has 382 valence electrons. The maximum absolute atomic E-state index is 13.3. The summed E-state index contributed by atoms with van der Waals surface area (Å²) >= 11 is 0. The van der Waals surface area contributed by atoms with Crippen molar-refractivity contribution in [3.63, 3.8) is 0 Å². The van der Waals surface area contributed by atoms with Crippen molar-refractivity contribution in [3.05, 3.63) is 24.3 Å². The van der Waals surface area contributed by atoms with E-state index in [2.05, 4.69) is 38.2 Å². The van der Waals surface area contributed by atoms with Crippen LogP contribution in [0.5, 0.6) is 0 Å². The Morgan fingerprint density at radius 1 is 0.585 bits per heavy atom. The van der Waals surface area contributed by atoms with E-state index in [1.807, 2.05) is 6.08 Å². The fourth-order valence-corrected chi connectivity index (χ4v) is 8.47. The highest BCUT2D eigenvalue weighted by molar-refractivity contribution is 5.80. The summed E-state index contributed by atoms with van der Waals surface area (Å²) in [5.74, 6) is -1.19. The van der Waals surface area contributed by atoms with Gasteiger partial charge in [-0.05, 0) is 51.4 Å². The predicted molar refractivity (Wildman–Crippen MR) is 264 cm³/mol. The lowest BCUT2D eigenvalue weighted by molar-refractivity contribution is -0.305. The van der Waals surface area contributed by atoms with Gasteiger partial charge in [-0.2, -0.15) is 0 Å². The lowest BCUT2D eigenvalue weighted by atomic mass is 9.99. The van der Waals surface area contributed by atoms with Crippen molar-refractivity contribution in [1.82, 2.24) is 5.32 Å². The first-order valence-corrected chi connectivity index (χ1v) is 27.1. The van der Waals surface area contributed by atoms with E-state index in [-0.39, 0.29) is 19.4 Å². The summed E-state index contributed by atoms with van der Waals surface area (Å²) in [6.07, 6.45) is 36.6. The molecule has 0 aromatic heterocycles. The third kappa shape index (κ3) is 32.5. The van der Waals surface area contributed by atoms with Crippen molar-refractivity contribution in [2.75, 3.05) is 13.2 Å². The van der Waals surface area contributed by atoms with E-state index in [1.165, 1.54) is 128 Å². The fraction of sp³-hybridized carbons (Fsp3) is 0.889. The summed E-state index contributed by atoms with van der Waals surface area (Å²) in [4.78, 5) is 26.3. The highest BCUT2D eigenvalue weighted by Crippen LogP contribution is 2.26. The number of esters is 1. The van der Waals surface area contributed by atoms with Crippen LogP contribution in [0.2, 0.25) is 0 Å². The molecule has 11 heteroatoms. The second kappa shape index (κ2) is 43.4. The molecule has 1 heterocycles. The predicted octanol–water partition coefficient (Wildman–Crippen LogP) is 11.4. The molecule has 0 aromatic rings. The Hall–Kier alpha value is -1.86. The average molecular weight is 924 g/mol. The molecular weight excluding hydrogens is 823 g/mol. The van der Waals surface area contributed by atoms with Gasteiger partial charge in [0.25, 0.3) is 0 Å². The number of aliphatic hydroxyl groups excluding tert-OH is 5. The van der Waals surface area contributed by atoms with Crippen LogP contribution in [-0.4, -0.2) is 99.6 Å². The van der Waals surface area contributed by atoms with Crippen LogP contribution >= 0.6 is 0 Å². The van der Waals surface area contributed by atoms with E-state index in [9.17, 15) is 35.1 Å². The summed E-state index contributed by atoms with van der Waals surface area (Å²) in [7, 11) is 0. The van der Waals surface area contributed by atoms with Gasteiger partial charge in [0.15, 0.2) is 12.4 Å². The Morgan fingerprint density at radius 3 is 1.51 bits per heavy atom. The van der Waals surface area contributed by atoms with Gasteiger partial charge < -0.3 is 45.1 Å². The average Bonchev–Trinajstić information content (AvgIpc) is 3.30. The molecule has 1 amide bonds. The van der Waals surface area contributed by atoms with Crippen molar-refractivity contribution >= 4 is 11.9 Å². The van der Waals surface area contributed by atoms with Gasteiger partial charge in [-0.3, -0.25) is 9.59 Å². The summed E-state index contributed by atoms with van der Waals surface area (Å²) < 4.78 is 17.5. The maximum atomic E-state index is 13.3. The number of carbonyl (C=O) groups excluding carboxylic acids is 2. The summed E-state index contributed by atoms with van der Waals surface area (Å²) in [6.45, 7) is 5.74. The topological polar surface area (TPSA) is 175 Å². The molecule has 1 aliphatic heterocycles. The Kier molecular flexibility index (Phi) is 40.9. The molecule has 0 saturated carbocycles. The Balaban J connectivity index is 2.76. The molecule has 8 unspecified atom stereocenters. The largest absolute Gasteiger partial charge is 0.454 e. The van der Waals surface area contributed by atoms with Crippen LogP contribution in [0.4, 0.5) is 0 Å². The number of nitrogens with one attached hydrogen (secondary N) is 1. The van der Waals surface area contributed by atoms with Crippen LogP contribution in [0.15, 0.2) is 24.3 Å². The normalized spacial score (nSPS) is 20.4. The third-order valence-corrected chi connectivity index (χ3v) is 12.9. The zero-order valence-corrected chi connectivity index (χ0v) is 41.9. The Labute approximate surface area is 397 Å². The van der Waals surface area contributed by atoms with Crippen LogP contribution in [0, 0.1) is 0 Å². The van der Waals surface area contributed by atoms with Gasteiger partial charge in [0, 0.05) is 6.42 Å². The Bertz CT molecular complexity index is 1150. The molecule has 65 heavy (non-hydrogen) atoms. The van der Waals surface area contributed by atoms with Crippen LogP contribution in [0.25, 0.3) is 0 Å². The van der Waals surface area contributed by atoms with Gasteiger partial charge in [-0.15, -0.1) is 0 Å². The molecule has 0 spiro atoms. The standard InChI is InChI=1S/C54H101NO10/c1-4-7-10-13-16-19-22-23-24-27-29-32-35-38-41-47(58)53(62)55-45(46(57)40-37-34-31-28-25-20-17-14-11-8-5-2)44-63-54-52(51(61)50(60)48(43-56)64-54)65-49(59)42-39-36-33-30-26-21-18-15-12-9-6-3/h19,22,37,40,45-48,50-52,54,56-58,60-61H,4-18,20-21,23-36,38-39,41-44H2,1-3H3,(H,55,62)/b22-19-,40-37+. The molecular formula is C54H101NO10. The van der Waals surface area contributed by atoms with Crippen molar-refractivity contribution < 1.29 is 49.3 Å². The minimum absolute atomic E-state index is 0.127. The molecule has 0 bridgehead atoms. The molecule has 1 fully saturated rings. The van der Waals surface area contributed by atoms with Crippen LogP contribution in [-0.2, 0) is 23.8 Å². The molecule has 0 aliphatic carbocycles. The fourth-order valence-electron chi connectivity index (χ4n) is 8.47. The van der Waals surface area contributed by atoms with Crippen molar-refractivity contribution in [1.29, 1.82) is 0 Å². The van der Waals surface area contributed by atoms with Gasteiger partial charge in [0.2, 0.25) is 5.91 Å². The van der Waals surface area contributed by atoms with Gasteiger partial charge in [0.05, 0.1) is 25.4 Å². The van der Waals surface area contributed by atoms with Gasteiger partial charge in [-0.25, -0.2) is 0 Å². The number of ether oxygens (including phenoxy) is 3. The van der Waals surface area contributed by atoms with E-state index in [0.717, 1.165) is 70.6 Å². The monoisotopic (exact) mass is 924 g/mol. The zero-order valence-electron chi connectivity index (χ0n) is 41.9. The molecule has 0 aromatic carbocycles. The molecule has 6 N–H and O–H groups in total. The molecule has 1 saturated heterocycles. The molecule has 11 nitrogen and oxygen atoms in total. The highest BCUT2D eigenvalue weighted by Gasteiger charge is 2.47. The highest BCUT2D eigenvalue weighted by atomic mass is 16.7.